The van der Waals surface area contributed by atoms with Gasteiger partial charge < -0.3 is 20.7 Å². The van der Waals surface area contributed by atoms with Crippen LogP contribution >= 0.6 is 0 Å². The van der Waals surface area contributed by atoms with Crippen LogP contribution in [0.1, 0.15) is 5.56 Å². The highest BCUT2D eigenvalue weighted by molar-refractivity contribution is 6.03. The number of amides is 3. The molecular formula is C24H20N4O3. The molecule has 3 rings (SSSR count). The van der Waals surface area contributed by atoms with Crippen LogP contribution in [0.15, 0.2) is 84.9 Å². The van der Waals surface area contributed by atoms with Crippen molar-refractivity contribution in [2.75, 3.05) is 22.6 Å². The number of ether oxygens (including phenoxy) is 1. The highest BCUT2D eigenvalue weighted by Gasteiger charge is 2.04. The third-order valence-corrected chi connectivity index (χ3v) is 4.03. The molecule has 0 fully saturated rings. The Morgan fingerprint density at radius 1 is 0.839 bits per heavy atom. The Labute approximate surface area is 180 Å². The molecule has 0 saturated carbocycles. The van der Waals surface area contributed by atoms with E-state index in [2.05, 4.69) is 16.0 Å². The number of para-hydroxylation sites is 1. The molecule has 3 N–H and O–H groups in total. The van der Waals surface area contributed by atoms with Gasteiger partial charge in [-0.15, -0.1) is 0 Å². The summed E-state index contributed by atoms with van der Waals surface area (Å²) in [6.07, 6.45) is 3.08. The molecule has 7 heteroatoms. The molecule has 0 aromatic heterocycles. The van der Waals surface area contributed by atoms with Gasteiger partial charge in [0.2, 0.25) is 5.91 Å². The molecular weight excluding hydrogens is 392 g/mol. The van der Waals surface area contributed by atoms with Crippen molar-refractivity contribution in [2.24, 2.45) is 0 Å². The van der Waals surface area contributed by atoms with Gasteiger partial charge in [0.05, 0.1) is 0 Å². The fraction of sp³-hybridized carbons (Fsp3) is 0.0417. The van der Waals surface area contributed by atoms with Crippen LogP contribution < -0.4 is 20.7 Å². The number of hydrogen-bond donors (Lipinski definition) is 3. The molecule has 0 aliphatic rings. The molecule has 0 saturated heterocycles. The Hall–Kier alpha value is -4.57. The average molecular weight is 412 g/mol. The van der Waals surface area contributed by atoms with Crippen LogP contribution in [0.3, 0.4) is 0 Å². The molecule has 0 unspecified atom stereocenters. The molecule has 31 heavy (non-hydrogen) atoms. The standard InChI is InChI=1S/C24H20N4O3/c25-15-16-31-22-12-9-18(10-13-22)11-14-23(29)26-20-7-4-8-21(17-20)28-24(30)27-19-5-2-1-3-6-19/h1-14,17H,16H2,(H,26,29)(H2,27,28,30)/b14-11+. The Bertz CT molecular complexity index is 1100. The van der Waals surface area contributed by atoms with Crippen molar-refractivity contribution < 1.29 is 14.3 Å². The number of benzene rings is 3. The normalized spacial score (nSPS) is 10.2. The molecule has 3 aromatic rings. The summed E-state index contributed by atoms with van der Waals surface area (Å²) < 4.78 is 5.19. The van der Waals surface area contributed by atoms with Crippen LogP contribution in [0.5, 0.6) is 5.75 Å². The topological polar surface area (TPSA) is 103 Å². The van der Waals surface area contributed by atoms with Crippen LogP contribution in [0.2, 0.25) is 0 Å². The number of nitriles is 1. The van der Waals surface area contributed by atoms with Crippen molar-refractivity contribution in [2.45, 2.75) is 0 Å². The Morgan fingerprint density at radius 3 is 2.19 bits per heavy atom. The SMILES string of the molecule is N#CCOc1ccc(/C=C/C(=O)Nc2cccc(NC(=O)Nc3ccccc3)c2)cc1. The quantitative estimate of drug-likeness (QED) is 0.481. The van der Waals surface area contributed by atoms with Gasteiger partial charge in [-0.3, -0.25) is 4.79 Å². The highest BCUT2D eigenvalue weighted by atomic mass is 16.5. The summed E-state index contributed by atoms with van der Waals surface area (Å²) in [5, 5.41) is 16.7. The van der Waals surface area contributed by atoms with Crippen LogP contribution in [-0.4, -0.2) is 18.5 Å². The third-order valence-electron chi connectivity index (χ3n) is 4.03. The number of urea groups is 1. The van der Waals surface area contributed by atoms with E-state index in [9.17, 15) is 9.59 Å². The molecule has 154 valence electrons. The first-order valence-corrected chi connectivity index (χ1v) is 9.44. The minimum Gasteiger partial charge on any atom is -0.479 e. The van der Waals surface area contributed by atoms with Gasteiger partial charge in [-0.05, 0) is 54.1 Å². The predicted molar refractivity (Wildman–Crippen MR) is 121 cm³/mol. The summed E-state index contributed by atoms with van der Waals surface area (Å²) >= 11 is 0. The van der Waals surface area contributed by atoms with E-state index < -0.39 is 0 Å². The second-order valence-electron chi connectivity index (χ2n) is 6.36. The fourth-order valence-corrected chi connectivity index (χ4v) is 2.64. The first kappa shape index (κ1) is 21.1. The molecule has 3 amide bonds. The van der Waals surface area contributed by atoms with Crippen molar-refractivity contribution >= 4 is 35.1 Å². The molecule has 0 atom stereocenters. The minimum atomic E-state index is -0.378. The second kappa shape index (κ2) is 10.8. The summed E-state index contributed by atoms with van der Waals surface area (Å²) in [6, 6.07) is 24.5. The van der Waals surface area contributed by atoms with Gasteiger partial charge in [-0.2, -0.15) is 5.26 Å². The largest absolute Gasteiger partial charge is 0.479 e. The highest BCUT2D eigenvalue weighted by Crippen LogP contribution is 2.17. The van der Waals surface area contributed by atoms with E-state index in [1.165, 1.54) is 6.08 Å². The second-order valence-corrected chi connectivity index (χ2v) is 6.36. The molecule has 7 nitrogen and oxygen atoms in total. The summed E-state index contributed by atoms with van der Waals surface area (Å²) in [7, 11) is 0. The van der Waals surface area contributed by atoms with Crippen LogP contribution in [-0.2, 0) is 4.79 Å². The maximum absolute atomic E-state index is 12.2. The summed E-state index contributed by atoms with van der Waals surface area (Å²) in [5.41, 5.74) is 2.59. The summed E-state index contributed by atoms with van der Waals surface area (Å²) in [6.45, 7) is -0.0145. The van der Waals surface area contributed by atoms with Gasteiger partial charge in [-0.1, -0.05) is 36.4 Å². The molecule has 0 aliphatic carbocycles. The Morgan fingerprint density at radius 2 is 1.48 bits per heavy atom. The molecule has 0 radical (unpaired) electrons. The number of carbonyl (C=O) groups excluding carboxylic acids is 2. The lowest BCUT2D eigenvalue weighted by molar-refractivity contribution is -0.111. The van der Waals surface area contributed by atoms with Crippen LogP contribution in [0, 0.1) is 11.3 Å². The van der Waals surface area contributed by atoms with Crippen molar-refractivity contribution in [3.8, 4) is 11.8 Å². The first-order chi connectivity index (χ1) is 15.1. The van der Waals surface area contributed by atoms with Gasteiger partial charge in [-0.25, -0.2) is 4.79 Å². The van der Waals surface area contributed by atoms with Gasteiger partial charge in [0, 0.05) is 23.1 Å². The smallest absolute Gasteiger partial charge is 0.323 e. The van der Waals surface area contributed by atoms with Crippen molar-refractivity contribution in [3.05, 3.63) is 90.5 Å². The van der Waals surface area contributed by atoms with Crippen LogP contribution in [0.25, 0.3) is 6.08 Å². The monoisotopic (exact) mass is 412 g/mol. The summed E-state index contributed by atoms with van der Waals surface area (Å²) in [4.78, 5) is 24.3. The van der Waals surface area contributed by atoms with E-state index in [-0.39, 0.29) is 18.5 Å². The maximum atomic E-state index is 12.2. The van der Waals surface area contributed by atoms with Gasteiger partial charge in [0.1, 0.15) is 11.8 Å². The predicted octanol–water partition coefficient (Wildman–Crippen LogP) is 4.88. The zero-order valence-corrected chi connectivity index (χ0v) is 16.5. The van der Waals surface area contributed by atoms with E-state index in [0.717, 1.165) is 5.56 Å². The number of anilines is 3. The van der Waals surface area contributed by atoms with E-state index >= 15 is 0 Å². The molecule has 0 aliphatic heterocycles. The first-order valence-electron chi connectivity index (χ1n) is 9.44. The van der Waals surface area contributed by atoms with Crippen molar-refractivity contribution in [1.29, 1.82) is 5.26 Å². The number of nitrogens with zero attached hydrogens (tertiary/aromatic N) is 1. The molecule has 0 bridgehead atoms. The zero-order valence-electron chi connectivity index (χ0n) is 16.5. The Kier molecular flexibility index (Phi) is 7.39. The maximum Gasteiger partial charge on any atom is 0.323 e. The van der Waals surface area contributed by atoms with Gasteiger partial charge in [0.25, 0.3) is 0 Å². The number of nitrogens with one attached hydrogen (secondary N) is 3. The number of hydrogen-bond acceptors (Lipinski definition) is 4. The molecule has 0 heterocycles. The van der Waals surface area contributed by atoms with Crippen molar-refractivity contribution in [3.63, 3.8) is 0 Å². The van der Waals surface area contributed by atoms with E-state index in [4.69, 9.17) is 10.00 Å². The van der Waals surface area contributed by atoms with Crippen molar-refractivity contribution in [1.82, 2.24) is 0 Å². The lowest BCUT2D eigenvalue weighted by atomic mass is 10.2. The van der Waals surface area contributed by atoms with E-state index in [1.807, 2.05) is 24.3 Å². The minimum absolute atomic E-state index is 0.0145. The number of rotatable bonds is 7. The molecule has 0 spiro atoms. The molecule has 3 aromatic carbocycles. The van der Waals surface area contributed by atoms with Crippen LogP contribution in [0.4, 0.5) is 21.9 Å². The number of carbonyl (C=O) groups is 2. The lowest BCUT2D eigenvalue weighted by Crippen LogP contribution is -2.19. The van der Waals surface area contributed by atoms with E-state index in [0.29, 0.717) is 22.8 Å². The lowest BCUT2D eigenvalue weighted by Gasteiger charge is -2.09. The average Bonchev–Trinajstić information content (AvgIpc) is 2.78. The Balaban J connectivity index is 1.53. The van der Waals surface area contributed by atoms with Gasteiger partial charge >= 0.3 is 6.03 Å². The summed E-state index contributed by atoms with van der Waals surface area (Å²) in [5.74, 6) is 0.277. The fourth-order valence-electron chi connectivity index (χ4n) is 2.64. The zero-order chi connectivity index (χ0) is 21.9. The third kappa shape index (κ3) is 7.07. The van der Waals surface area contributed by atoms with E-state index in [1.54, 1.807) is 66.7 Å². The van der Waals surface area contributed by atoms with Gasteiger partial charge in [0.15, 0.2) is 6.61 Å².